The van der Waals surface area contributed by atoms with E-state index in [9.17, 15) is 0 Å². The number of rotatable bonds is 2. The average molecular weight is 365 g/mol. The Hall–Kier alpha value is -2.76. The summed E-state index contributed by atoms with van der Waals surface area (Å²) in [5.41, 5.74) is 3.27. The molecule has 2 aromatic heterocycles. The van der Waals surface area contributed by atoms with Crippen LogP contribution in [0.25, 0.3) is 21.8 Å². The van der Waals surface area contributed by atoms with E-state index >= 15 is 0 Å². The third-order valence-corrected chi connectivity index (χ3v) is 4.38. The molecule has 0 radical (unpaired) electrons. The Morgan fingerprint density at radius 3 is 2.40 bits per heavy atom. The van der Waals surface area contributed by atoms with Crippen molar-refractivity contribution in [1.29, 1.82) is 0 Å². The summed E-state index contributed by atoms with van der Waals surface area (Å²) in [5.74, 6) is 0. The van der Waals surface area contributed by atoms with Crippen LogP contribution in [0.5, 0.6) is 0 Å². The molecule has 0 saturated carbocycles. The fourth-order valence-corrected chi connectivity index (χ4v) is 3.14. The van der Waals surface area contributed by atoms with E-state index in [0.29, 0.717) is 10.1 Å². The largest absolute Gasteiger partial charge is 0.331 e. The van der Waals surface area contributed by atoms with Crippen LogP contribution >= 0.6 is 23.8 Å². The van der Waals surface area contributed by atoms with Gasteiger partial charge in [0.2, 0.25) is 0 Å². The molecular formula is C19H13ClN4S. The maximum absolute atomic E-state index is 6.17. The standard InChI is InChI=1S/C19H13ClN4S/c20-14-7-1-2-8-15(14)23-19(25)24-17-11-16-12(5-3-9-21-16)13-6-4-10-22-18(13)17/h1-11H,(H2,23,24,25). The molecule has 2 aromatic carbocycles. The number of benzene rings is 2. The SMILES string of the molecule is S=C(Nc1ccccc1Cl)Nc1cc2ncccc2c2cccnc12. The van der Waals surface area contributed by atoms with Crippen molar-refractivity contribution in [2.24, 2.45) is 0 Å². The number of aromatic nitrogens is 2. The van der Waals surface area contributed by atoms with Crippen molar-refractivity contribution in [3.8, 4) is 0 Å². The third kappa shape index (κ3) is 3.12. The second-order valence-electron chi connectivity index (χ2n) is 5.45. The van der Waals surface area contributed by atoms with Gasteiger partial charge in [-0.2, -0.15) is 0 Å². The zero-order chi connectivity index (χ0) is 17.2. The summed E-state index contributed by atoms with van der Waals surface area (Å²) in [5, 5.41) is 9.45. The van der Waals surface area contributed by atoms with E-state index in [1.807, 2.05) is 54.6 Å². The summed E-state index contributed by atoms with van der Waals surface area (Å²) in [7, 11) is 0. The first kappa shape index (κ1) is 15.7. The Kier molecular flexibility index (Phi) is 4.17. The van der Waals surface area contributed by atoms with Crippen LogP contribution in [-0.4, -0.2) is 15.1 Å². The van der Waals surface area contributed by atoms with Crippen LogP contribution in [0.1, 0.15) is 0 Å². The highest BCUT2D eigenvalue weighted by Crippen LogP contribution is 2.29. The molecule has 0 bridgehead atoms. The van der Waals surface area contributed by atoms with Gasteiger partial charge in [0, 0.05) is 23.2 Å². The van der Waals surface area contributed by atoms with Gasteiger partial charge in [-0.15, -0.1) is 0 Å². The van der Waals surface area contributed by atoms with Crippen LogP contribution in [0, 0.1) is 0 Å². The number of pyridine rings is 2. The van der Waals surface area contributed by atoms with Crippen molar-refractivity contribution < 1.29 is 0 Å². The number of hydrogen-bond donors (Lipinski definition) is 2. The summed E-state index contributed by atoms with van der Waals surface area (Å²) >= 11 is 11.6. The number of fused-ring (bicyclic) bond motifs is 3. The van der Waals surface area contributed by atoms with Gasteiger partial charge in [-0.3, -0.25) is 9.97 Å². The van der Waals surface area contributed by atoms with Crippen LogP contribution in [0.3, 0.4) is 0 Å². The molecule has 2 N–H and O–H groups in total. The van der Waals surface area contributed by atoms with Gasteiger partial charge in [0.05, 0.1) is 27.4 Å². The molecule has 6 heteroatoms. The maximum Gasteiger partial charge on any atom is 0.175 e. The molecular weight excluding hydrogens is 352 g/mol. The normalized spacial score (nSPS) is 10.8. The smallest absolute Gasteiger partial charge is 0.175 e. The fourth-order valence-electron chi connectivity index (χ4n) is 2.74. The second-order valence-corrected chi connectivity index (χ2v) is 6.27. The van der Waals surface area contributed by atoms with Gasteiger partial charge in [-0.25, -0.2) is 0 Å². The van der Waals surface area contributed by atoms with E-state index in [1.165, 1.54) is 0 Å². The Balaban J connectivity index is 1.73. The van der Waals surface area contributed by atoms with Gasteiger partial charge in [-0.05, 0) is 42.5 Å². The van der Waals surface area contributed by atoms with E-state index in [1.54, 1.807) is 12.4 Å². The van der Waals surface area contributed by atoms with Gasteiger partial charge >= 0.3 is 0 Å². The molecule has 122 valence electrons. The number of hydrogen-bond acceptors (Lipinski definition) is 3. The molecule has 0 aliphatic carbocycles. The van der Waals surface area contributed by atoms with Gasteiger partial charge in [0.15, 0.2) is 5.11 Å². The van der Waals surface area contributed by atoms with Gasteiger partial charge in [0.25, 0.3) is 0 Å². The zero-order valence-corrected chi connectivity index (χ0v) is 14.6. The lowest BCUT2D eigenvalue weighted by molar-refractivity contribution is 1.39. The Labute approximate surface area is 154 Å². The molecule has 0 amide bonds. The molecule has 25 heavy (non-hydrogen) atoms. The number of para-hydroxylation sites is 1. The number of thiocarbonyl (C=S) groups is 1. The minimum Gasteiger partial charge on any atom is -0.331 e. The first-order chi connectivity index (χ1) is 12.2. The van der Waals surface area contributed by atoms with Crippen molar-refractivity contribution in [1.82, 2.24) is 9.97 Å². The quantitative estimate of drug-likeness (QED) is 0.376. The van der Waals surface area contributed by atoms with Crippen molar-refractivity contribution in [2.45, 2.75) is 0 Å². The lowest BCUT2D eigenvalue weighted by atomic mass is 10.1. The molecule has 0 aliphatic heterocycles. The minimum atomic E-state index is 0.440. The van der Waals surface area contributed by atoms with E-state index in [4.69, 9.17) is 23.8 Å². The monoisotopic (exact) mass is 364 g/mol. The Morgan fingerprint density at radius 1 is 0.840 bits per heavy atom. The highest BCUT2D eigenvalue weighted by molar-refractivity contribution is 7.80. The summed E-state index contributed by atoms with van der Waals surface area (Å²) in [6, 6.07) is 17.3. The van der Waals surface area contributed by atoms with Crippen LogP contribution in [0.2, 0.25) is 5.02 Å². The number of anilines is 2. The van der Waals surface area contributed by atoms with Crippen LogP contribution in [-0.2, 0) is 0 Å². The molecule has 0 atom stereocenters. The molecule has 0 unspecified atom stereocenters. The molecule has 0 aliphatic rings. The predicted octanol–water partition coefficient (Wildman–Crippen LogP) is 5.25. The van der Waals surface area contributed by atoms with Crippen LogP contribution in [0.4, 0.5) is 11.4 Å². The van der Waals surface area contributed by atoms with Crippen molar-refractivity contribution in [3.63, 3.8) is 0 Å². The van der Waals surface area contributed by atoms with Gasteiger partial charge in [-0.1, -0.05) is 35.9 Å². The van der Waals surface area contributed by atoms with E-state index in [-0.39, 0.29) is 0 Å². The van der Waals surface area contributed by atoms with Crippen molar-refractivity contribution >= 4 is 62.1 Å². The fraction of sp³-hybridized carbons (Fsp3) is 0. The van der Waals surface area contributed by atoms with E-state index in [0.717, 1.165) is 33.2 Å². The number of halogens is 1. The molecule has 2 heterocycles. The molecule has 0 spiro atoms. The van der Waals surface area contributed by atoms with E-state index < -0.39 is 0 Å². The lowest BCUT2D eigenvalue weighted by Crippen LogP contribution is -2.19. The number of nitrogens with zero attached hydrogens (tertiary/aromatic N) is 2. The van der Waals surface area contributed by atoms with Crippen molar-refractivity contribution in [2.75, 3.05) is 10.6 Å². The lowest BCUT2D eigenvalue weighted by Gasteiger charge is -2.14. The summed E-state index contributed by atoms with van der Waals surface area (Å²) in [6.45, 7) is 0. The van der Waals surface area contributed by atoms with Gasteiger partial charge in [0.1, 0.15) is 0 Å². The topological polar surface area (TPSA) is 49.8 Å². The minimum absolute atomic E-state index is 0.440. The van der Waals surface area contributed by atoms with Crippen molar-refractivity contribution in [3.05, 3.63) is 72.0 Å². The molecule has 4 nitrogen and oxygen atoms in total. The average Bonchev–Trinajstić information content (AvgIpc) is 2.64. The predicted molar refractivity (Wildman–Crippen MR) is 108 cm³/mol. The first-order valence-corrected chi connectivity index (χ1v) is 8.46. The van der Waals surface area contributed by atoms with Crippen LogP contribution in [0.15, 0.2) is 67.0 Å². The zero-order valence-electron chi connectivity index (χ0n) is 13.0. The molecule has 0 fully saturated rings. The van der Waals surface area contributed by atoms with Gasteiger partial charge < -0.3 is 10.6 Å². The Morgan fingerprint density at radius 2 is 1.56 bits per heavy atom. The summed E-state index contributed by atoms with van der Waals surface area (Å²) in [6.07, 6.45) is 3.54. The second kappa shape index (κ2) is 6.63. The number of nitrogens with one attached hydrogen (secondary N) is 2. The van der Waals surface area contributed by atoms with E-state index in [2.05, 4.69) is 20.6 Å². The third-order valence-electron chi connectivity index (χ3n) is 3.84. The maximum atomic E-state index is 6.17. The highest BCUT2D eigenvalue weighted by atomic mass is 35.5. The Bertz CT molecular complexity index is 1100. The molecule has 0 saturated heterocycles. The molecule has 4 aromatic rings. The highest BCUT2D eigenvalue weighted by Gasteiger charge is 2.10. The summed E-state index contributed by atoms with van der Waals surface area (Å²) in [4.78, 5) is 8.95. The van der Waals surface area contributed by atoms with Crippen LogP contribution < -0.4 is 10.6 Å². The molecule has 4 rings (SSSR count). The summed E-state index contributed by atoms with van der Waals surface area (Å²) < 4.78 is 0. The first-order valence-electron chi connectivity index (χ1n) is 7.67.